The van der Waals surface area contributed by atoms with Gasteiger partial charge in [-0.05, 0) is 43.9 Å². The second kappa shape index (κ2) is 11.3. The number of aromatic nitrogens is 3. The van der Waals surface area contributed by atoms with E-state index in [0.29, 0.717) is 25.4 Å². The number of ether oxygens (including phenoxy) is 1. The van der Waals surface area contributed by atoms with Crippen LogP contribution in [0, 0.1) is 13.8 Å². The first kappa shape index (κ1) is 23.3. The van der Waals surface area contributed by atoms with E-state index in [1.165, 1.54) is 22.9 Å². The van der Waals surface area contributed by atoms with Gasteiger partial charge in [-0.3, -0.25) is 4.79 Å². The fraction of sp³-hybridized carbons (Fsp3) is 0.400. The number of thioether (sulfide) groups is 1. The summed E-state index contributed by atoms with van der Waals surface area (Å²) in [5.41, 5.74) is 4.60. The van der Waals surface area contributed by atoms with Crippen LogP contribution in [0.25, 0.3) is 0 Å². The zero-order valence-corrected chi connectivity index (χ0v) is 20.0. The van der Waals surface area contributed by atoms with Crippen molar-refractivity contribution in [1.29, 1.82) is 0 Å². The van der Waals surface area contributed by atoms with Crippen molar-refractivity contribution in [2.24, 2.45) is 0 Å². The molecule has 2 aromatic carbocycles. The highest BCUT2D eigenvalue weighted by molar-refractivity contribution is 7.99. The molecule has 1 aromatic heterocycles. The molecule has 33 heavy (non-hydrogen) atoms. The summed E-state index contributed by atoms with van der Waals surface area (Å²) in [4.78, 5) is 12.4. The Morgan fingerprint density at radius 1 is 1.15 bits per heavy atom. The van der Waals surface area contributed by atoms with Gasteiger partial charge in [0.25, 0.3) is 0 Å². The fourth-order valence-corrected chi connectivity index (χ4v) is 4.69. The number of hydrogen-bond acceptors (Lipinski definition) is 6. The summed E-state index contributed by atoms with van der Waals surface area (Å²) in [5, 5.41) is 16.0. The zero-order valence-electron chi connectivity index (χ0n) is 19.2. The van der Waals surface area contributed by atoms with Crippen molar-refractivity contribution in [1.82, 2.24) is 20.1 Å². The highest BCUT2D eigenvalue weighted by Crippen LogP contribution is 2.23. The molecule has 1 amide bonds. The van der Waals surface area contributed by atoms with Crippen molar-refractivity contribution < 1.29 is 9.53 Å². The molecule has 8 heteroatoms. The van der Waals surface area contributed by atoms with Crippen molar-refractivity contribution in [2.75, 3.05) is 17.7 Å². The molecule has 0 aliphatic carbocycles. The Bertz CT molecular complexity index is 1060. The number of hydrogen-bond donors (Lipinski definition) is 2. The van der Waals surface area contributed by atoms with Crippen LogP contribution in [0.4, 0.5) is 5.69 Å². The molecule has 0 bridgehead atoms. The molecule has 0 radical (unpaired) electrons. The molecular formula is C25H31N5O2S. The van der Waals surface area contributed by atoms with Gasteiger partial charge >= 0.3 is 0 Å². The van der Waals surface area contributed by atoms with Crippen LogP contribution in [-0.2, 0) is 29.2 Å². The summed E-state index contributed by atoms with van der Waals surface area (Å²) in [6.45, 7) is 6.77. The normalized spacial score (nSPS) is 15.5. The van der Waals surface area contributed by atoms with Crippen LogP contribution >= 0.6 is 11.8 Å². The van der Waals surface area contributed by atoms with Crippen LogP contribution in [-0.4, -0.2) is 39.1 Å². The highest BCUT2D eigenvalue weighted by atomic mass is 32.2. The predicted molar refractivity (Wildman–Crippen MR) is 131 cm³/mol. The maximum atomic E-state index is 12.4. The van der Waals surface area contributed by atoms with Crippen LogP contribution in [0.15, 0.2) is 53.7 Å². The molecule has 1 aliphatic heterocycles. The van der Waals surface area contributed by atoms with Gasteiger partial charge in [-0.1, -0.05) is 59.8 Å². The molecule has 2 heterocycles. The zero-order chi connectivity index (χ0) is 23.0. The van der Waals surface area contributed by atoms with E-state index in [9.17, 15) is 4.79 Å². The van der Waals surface area contributed by atoms with Gasteiger partial charge in [-0.25, -0.2) is 0 Å². The lowest BCUT2D eigenvalue weighted by molar-refractivity contribution is -0.118. The van der Waals surface area contributed by atoms with Gasteiger partial charge in [0.1, 0.15) is 0 Å². The molecule has 1 fully saturated rings. The molecule has 0 spiro atoms. The highest BCUT2D eigenvalue weighted by Gasteiger charge is 2.21. The molecule has 1 saturated heterocycles. The molecule has 4 rings (SSSR count). The van der Waals surface area contributed by atoms with Gasteiger partial charge in [-0.2, -0.15) is 0 Å². The number of nitrogens with one attached hydrogen (secondary N) is 2. The van der Waals surface area contributed by atoms with E-state index >= 15 is 0 Å². The predicted octanol–water partition coefficient (Wildman–Crippen LogP) is 4.09. The summed E-state index contributed by atoms with van der Waals surface area (Å²) in [6, 6.07) is 16.3. The van der Waals surface area contributed by atoms with Gasteiger partial charge in [0.15, 0.2) is 11.0 Å². The number of rotatable bonds is 10. The first-order valence-electron chi connectivity index (χ1n) is 11.4. The number of amides is 1. The minimum absolute atomic E-state index is 0.0227. The van der Waals surface area contributed by atoms with E-state index in [1.54, 1.807) is 0 Å². The Labute approximate surface area is 199 Å². The largest absolute Gasteiger partial charge is 0.378 e. The topological polar surface area (TPSA) is 81.1 Å². The van der Waals surface area contributed by atoms with E-state index in [4.69, 9.17) is 4.74 Å². The Hall–Kier alpha value is -2.84. The molecule has 3 aromatic rings. The molecule has 2 N–H and O–H groups in total. The van der Waals surface area contributed by atoms with Gasteiger partial charge in [0.2, 0.25) is 5.91 Å². The number of anilines is 1. The van der Waals surface area contributed by atoms with Gasteiger partial charge in [0.05, 0.1) is 24.9 Å². The van der Waals surface area contributed by atoms with Crippen LogP contribution in [0.1, 0.15) is 35.4 Å². The maximum Gasteiger partial charge on any atom is 0.230 e. The first-order chi connectivity index (χ1) is 16.1. The molecule has 0 unspecified atom stereocenters. The molecule has 7 nitrogen and oxygen atoms in total. The summed E-state index contributed by atoms with van der Waals surface area (Å²) in [7, 11) is 0. The van der Waals surface area contributed by atoms with Gasteiger partial charge in [0, 0.05) is 18.8 Å². The standard InChI is InChI=1S/C25H31N5O2S/c1-18-10-11-22(19(2)13-18)26-15-23-28-29-25(30(23)16-21-9-6-12-32-21)33-17-24(31)27-14-20-7-4-3-5-8-20/h3-5,7-8,10-11,13,21,26H,6,9,12,14-17H2,1-2H3,(H,27,31)/t21-/m1/s1. The summed E-state index contributed by atoms with van der Waals surface area (Å²) >= 11 is 1.42. The Morgan fingerprint density at radius 2 is 2.00 bits per heavy atom. The van der Waals surface area contributed by atoms with Crippen molar-refractivity contribution in [2.45, 2.75) is 57.6 Å². The summed E-state index contributed by atoms with van der Waals surface area (Å²) in [5.74, 6) is 1.12. The Balaban J connectivity index is 1.39. The third kappa shape index (κ3) is 6.58. The molecule has 1 aliphatic rings. The van der Waals surface area contributed by atoms with Crippen molar-refractivity contribution in [3.8, 4) is 0 Å². The van der Waals surface area contributed by atoms with Crippen molar-refractivity contribution >= 4 is 23.4 Å². The van der Waals surface area contributed by atoms with E-state index in [1.807, 2.05) is 30.3 Å². The van der Waals surface area contributed by atoms with E-state index in [0.717, 1.165) is 41.7 Å². The van der Waals surface area contributed by atoms with Crippen LogP contribution in [0.3, 0.4) is 0 Å². The number of aryl methyl sites for hydroxylation is 2. The minimum atomic E-state index is -0.0227. The maximum absolute atomic E-state index is 12.4. The molecule has 0 saturated carbocycles. The Morgan fingerprint density at radius 3 is 2.76 bits per heavy atom. The van der Waals surface area contributed by atoms with E-state index in [2.05, 4.69) is 57.4 Å². The van der Waals surface area contributed by atoms with E-state index < -0.39 is 0 Å². The lowest BCUT2D eigenvalue weighted by atomic mass is 10.1. The van der Waals surface area contributed by atoms with Crippen LogP contribution in [0.5, 0.6) is 0 Å². The SMILES string of the molecule is Cc1ccc(NCc2nnc(SCC(=O)NCc3ccccc3)n2C[C@H]2CCCO2)c(C)c1. The molecule has 174 valence electrons. The number of nitrogens with zero attached hydrogens (tertiary/aromatic N) is 3. The molecule has 1 atom stereocenters. The third-order valence-corrected chi connectivity index (χ3v) is 6.65. The third-order valence-electron chi connectivity index (χ3n) is 5.69. The minimum Gasteiger partial charge on any atom is -0.378 e. The van der Waals surface area contributed by atoms with Crippen molar-refractivity contribution in [3.05, 3.63) is 71.0 Å². The summed E-state index contributed by atoms with van der Waals surface area (Å²) < 4.78 is 7.96. The smallest absolute Gasteiger partial charge is 0.230 e. The van der Waals surface area contributed by atoms with Crippen LogP contribution < -0.4 is 10.6 Å². The lowest BCUT2D eigenvalue weighted by Gasteiger charge is -2.16. The molecular weight excluding hydrogens is 434 g/mol. The monoisotopic (exact) mass is 465 g/mol. The average Bonchev–Trinajstić information content (AvgIpc) is 3.47. The lowest BCUT2D eigenvalue weighted by Crippen LogP contribution is -2.25. The summed E-state index contributed by atoms with van der Waals surface area (Å²) in [6.07, 6.45) is 2.27. The van der Waals surface area contributed by atoms with Gasteiger partial charge in [-0.15, -0.1) is 10.2 Å². The quantitative estimate of drug-likeness (QED) is 0.439. The Kier molecular flexibility index (Phi) is 8.01. The first-order valence-corrected chi connectivity index (χ1v) is 12.4. The van der Waals surface area contributed by atoms with Crippen LogP contribution in [0.2, 0.25) is 0 Å². The average molecular weight is 466 g/mol. The second-order valence-electron chi connectivity index (χ2n) is 8.37. The van der Waals surface area contributed by atoms with Crippen molar-refractivity contribution in [3.63, 3.8) is 0 Å². The van der Waals surface area contributed by atoms with E-state index in [-0.39, 0.29) is 12.0 Å². The second-order valence-corrected chi connectivity index (χ2v) is 9.31. The number of carbonyl (C=O) groups is 1. The fourth-order valence-electron chi connectivity index (χ4n) is 3.90. The number of carbonyl (C=O) groups excluding carboxylic acids is 1. The number of benzene rings is 2. The van der Waals surface area contributed by atoms with Gasteiger partial charge < -0.3 is 19.9 Å².